The van der Waals surface area contributed by atoms with Gasteiger partial charge in [0, 0.05) is 20.2 Å². The van der Waals surface area contributed by atoms with E-state index in [1.54, 1.807) is 11.9 Å². The highest BCUT2D eigenvalue weighted by Gasteiger charge is 2.22. The van der Waals surface area contributed by atoms with Crippen molar-refractivity contribution in [2.75, 3.05) is 27.2 Å². The second kappa shape index (κ2) is 5.32. The van der Waals surface area contributed by atoms with E-state index in [4.69, 9.17) is 4.74 Å². The van der Waals surface area contributed by atoms with Crippen molar-refractivity contribution in [1.29, 1.82) is 0 Å². The van der Waals surface area contributed by atoms with E-state index in [0.717, 1.165) is 19.4 Å². The first-order chi connectivity index (χ1) is 6.65. The van der Waals surface area contributed by atoms with E-state index < -0.39 is 0 Å². The number of rotatable bonds is 4. The summed E-state index contributed by atoms with van der Waals surface area (Å²) < 4.78 is 5.47. The Kier molecular flexibility index (Phi) is 4.35. The minimum atomic E-state index is -0.110. The Morgan fingerprint density at radius 3 is 2.93 bits per heavy atom. The third-order valence-electron chi connectivity index (χ3n) is 2.68. The Bertz CT molecular complexity index is 191. The van der Waals surface area contributed by atoms with Gasteiger partial charge in [0.15, 0.2) is 0 Å². The van der Waals surface area contributed by atoms with E-state index in [1.165, 1.54) is 0 Å². The Hall–Kier alpha value is -0.610. The summed E-state index contributed by atoms with van der Waals surface area (Å²) >= 11 is 0. The lowest BCUT2D eigenvalue weighted by atomic mass is 10.2. The molecule has 2 unspecified atom stereocenters. The lowest BCUT2D eigenvalue weighted by molar-refractivity contribution is -0.132. The lowest BCUT2D eigenvalue weighted by Gasteiger charge is -2.23. The molecule has 0 aromatic heterocycles. The molecule has 0 aromatic carbocycles. The van der Waals surface area contributed by atoms with Crippen LogP contribution in [0.5, 0.6) is 0 Å². The SMILES string of the molecule is CNC(C)C(=O)N(C)CC1CCCO1. The molecule has 0 aliphatic carbocycles. The van der Waals surface area contributed by atoms with Crippen LogP contribution in [-0.4, -0.2) is 50.2 Å². The van der Waals surface area contributed by atoms with Gasteiger partial charge in [0.2, 0.25) is 5.91 Å². The van der Waals surface area contributed by atoms with E-state index in [9.17, 15) is 4.79 Å². The van der Waals surface area contributed by atoms with Crippen molar-refractivity contribution in [3.63, 3.8) is 0 Å². The molecule has 0 spiro atoms. The first-order valence-corrected chi connectivity index (χ1v) is 5.19. The summed E-state index contributed by atoms with van der Waals surface area (Å²) in [6, 6.07) is -0.110. The van der Waals surface area contributed by atoms with Crippen LogP contribution in [0, 0.1) is 0 Å². The summed E-state index contributed by atoms with van der Waals surface area (Å²) in [5.74, 6) is 0.128. The molecule has 2 atom stereocenters. The van der Waals surface area contributed by atoms with Gasteiger partial charge in [0.25, 0.3) is 0 Å². The molecule has 1 saturated heterocycles. The number of ether oxygens (including phenoxy) is 1. The van der Waals surface area contributed by atoms with Gasteiger partial charge in [-0.05, 0) is 26.8 Å². The van der Waals surface area contributed by atoms with E-state index >= 15 is 0 Å². The zero-order chi connectivity index (χ0) is 10.6. The van der Waals surface area contributed by atoms with Crippen LogP contribution in [0.2, 0.25) is 0 Å². The van der Waals surface area contributed by atoms with E-state index in [2.05, 4.69) is 5.32 Å². The molecule has 0 aromatic rings. The van der Waals surface area contributed by atoms with Crippen LogP contribution in [0.3, 0.4) is 0 Å². The molecule has 4 nitrogen and oxygen atoms in total. The molecule has 1 aliphatic rings. The molecule has 1 N–H and O–H groups in total. The number of carbonyl (C=O) groups is 1. The number of carbonyl (C=O) groups excluding carboxylic acids is 1. The summed E-state index contributed by atoms with van der Waals surface area (Å²) in [7, 11) is 3.63. The van der Waals surface area contributed by atoms with Crippen molar-refractivity contribution >= 4 is 5.91 Å². The van der Waals surface area contributed by atoms with Crippen molar-refractivity contribution in [2.45, 2.75) is 31.9 Å². The van der Waals surface area contributed by atoms with Crippen molar-refractivity contribution in [3.05, 3.63) is 0 Å². The molecule has 4 heteroatoms. The Morgan fingerprint density at radius 2 is 2.43 bits per heavy atom. The quantitative estimate of drug-likeness (QED) is 0.706. The fraction of sp³-hybridized carbons (Fsp3) is 0.900. The van der Waals surface area contributed by atoms with Crippen LogP contribution in [0.1, 0.15) is 19.8 Å². The average Bonchev–Trinajstić information content (AvgIpc) is 2.68. The van der Waals surface area contributed by atoms with Crippen LogP contribution < -0.4 is 5.32 Å². The molecule has 0 bridgehead atoms. The number of hydrogen-bond donors (Lipinski definition) is 1. The van der Waals surface area contributed by atoms with E-state index in [1.807, 2.05) is 14.0 Å². The van der Waals surface area contributed by atoms with Gasteiger partial charge in [-0.1, -0.05) is 0 Å². The minimum Gasteiger partial charge on any atom is -0.376 e. The highest BCUT2D eigenvalue weighted by molar-refractivity contribution is 5.81. The molecule has 14 heavy (non-hydrogen) atoms. The fourth-order valence-electron chi connectivity index (χ4n) is 1.64. The molecular formula is C10H20N2O2. The van der Waals surface area contributed by atoms with Crippen LogP contribution >= 0.6 is 0 Å². The number of nitrogens with zero attached hydrogens (tertiary/aromatic N) is 1. The molecule has 0 saturated carbocycles. The molecule has 82 valence electrons. The summed E-state index contributed by atoms with van der Waals surface area (Å²) in [4.78, 5) is 13.4. The van der Waals surface area contributed by atoms with Crippen LogP contribution in [0.25, 0.3) is 0 Å². The van der Waals surface area contributed by atoms with Crippen molar-refractivity contribution in [3.8, 4) is 0 Å². The molecular weight excluding hydrogens is 180 g/mol. The zero-order valence-electron chi connectivity index (χ0n) is 9.25. The zero-order valence-corrected chi connectivity index (χ0v) is 9.25. The van der Waals surface area contributed by atoms with Gasteiger partial charge in [0.1, 0.15) is 0 Å². The van der Waals surface area contributed by atoms with Crippen molar-refractivity contribution in [1.82, 2.24) is 10.2 Å². The van der Waals surface area contributed by atoms with Gasteiger partial charge in [-0.25, -0.2) is 0 Å². The largest absolute Gasteiger partial charge is 0.376 e. The maximum atomic E-state index is 11.7. The Morgan fingerprint density at radius 1 is 1.71 bits per heavy atom. The van der Waals surface area contributed by atoms with Gasteiger partial charge in [-0.2, -0.15) is 0 Å². The lowest BCUT2D eigenvalue weighted by Crippen LogP contribution is -2.44. The van der Waals surface area contributed by atoms with Gasteiger partial charge < -0.3 is 15.0 Å². The third kappa shape index (κ3) is 2.96. The molecule has 1 amide bonds. The number of nitrogens with one attached hydrogen (secondary N) is 1. The van der Waals surface area contributed by atoms with Gasteiger partial charge in [0.05, 0.1) is 12.1 Å². The van der Waals surface area contributed by atoms with Gasteiger partial charge >= 0.3 is 0 Å². The molecule has 1 rings (SSSR count). The second-order valence-electron chi connectivity index (χ2n) is 3.86. The summed E-state index contributed by atoms with van der Waals surface area (Å²) in [6.07, 6.45) is 2.44. The monoisotopic (exact) mass is 200 g/mol. The number of likely N-dealkylation sites (N-methyl/N-ethyl adjacent to an activating group) is 2. The second-order valence-corrected chi connectivity index (χ2v) is 3.86. The standard InChI is InChI=1S/C10H20N2O2/c1-8(11-2)10(13)12(3)7-9-5-4-6-14-9/h8-9,11H,4-7H2,1-3H3. The van der Waals surface area contributed by atoms with Crippen LogP contribution in [0.4, 0.5) is 0 Å². The first kappa shape index (κ1) is 11.5. The van der Waals surface area contributed by atoms with Crippen molar-refractivity contribution in [2.24, 2.45) is 0 Å². The fourth-order valence-corrected chi connectivity index (χ4v) is 1.64. The molecule has 1 heterocycles. The molecule has 1 aliphatic heterocycles. The topological polar surface area (TPSA) is 41.6 Å². The molecule has 0 radical (unpaired) electrons. The average molecular weight is 200 g/mol. The predicted octanol–water partition coefficient (Wildman–Crippen LogP) is 0.232. The van der Waals surface area contributed by atoms with Crippen LogP contribution in [0.15, 0.2) is 0 Å². The maximum absolute atomic E-state index is 11.7. The maximum Gasteiger partial charge on any atom is 0.239 e. The van der Waals surface area contributed by atoms with E-state index in [0.29, 0.717) is 6.54 Å². The summed E-state index contributed by atoms with van der Waals surface area (Å²) in [6.45, 7) is 3.42. The van der Waals surface area contributed by atoms with Crippen LogP contribution in [-0.2, 0) is 9.53 Å². The minimum absolute atomic E-state index is 0.110. The third-order valence-corrected chi connectivity index (χ3v) is 2.68. The smallest absolute Gasteiger partial charge is 0.239 e. The van der Waals surface area contributed by atoms with Crippen molar-refractivity contribution < 1.29 is 9.53 Å². The molecule has 1 fully saturated rings. The van der Waals surface area contributed by atoms with Gasteiger partial charge in [-0.3, -0.25) is 4.79 Å². The number of hydrogen-bond acceptors (Lipinski definition) is 3. The van der Waals surface area contributed by atoms with Gasteiger partial charge in [-0.15, -0.1) is 0 Å². The van der Waals surface area contributed by atoms with E-state index in [-0.39, 0.29) is 18.1 Å². The Balaban J connectivity index is 2.32. The number of amides is 1. The summed E-state index contributed by atoms with van der Waals surface area (Å²) in [5.41, 5.74) is 0. The first-order valence-electron chi connectivity index (χ1n) is 5.19. The predicted molar refractivity (Wildman–Crippen MR) is 55.1 cm³/mol. The summed E-state index contributed by atoms with van der Waals surface area (Å²) in [5, 5.41) is 2.94. The highest BCUT2D eigenvalue weighted by atomic mass is 16.5. The normalized spacial score (nSPS) is 23.5. The Labute approximate surface area is 85.6 Å². The highest BCUT2D eigenvalue weighted by Crippen LogP contribution is 2.12.